The van der Waals surface area contributed by atoms with Crippen LogP contribution >= 0.6 is 0 Å². The Bertz CT molecular complexity index is 650. The van der Waals surface area contributed by atoms with Crippen LogP contribution in [0.4, 0.5) is 0 Å². The third kappa shape index (κ3) is 3.08. The lowest BCUT2D eigenvalue weighted by molar-refractivity contribution is 0.404. The highest BCUT2D eigenvalue weighted by Crippen LogP contribution is 2.34. The second-order valence-electron chi connectivity index (χ2n) is 5.55. The van der Waals surface area contributed by atoms with Crippen LogP contribution < -0.4 is 10.1 Å². The Hall–Kier alpha value is -1.87. The monoisotopic (exact) mass is 284 g/mol. The Morgan fingerprint density at radius 2 is 1.81 bits per heavy atom. The molecule has 0 radical (unpaired) electrons. The fourth-order valence-corrected chi connectivity index (χ4v) is 2.94. The number of aryl methyl sites for hydroxylation is 4. The number of nitrogens with zero attached hydrogens (tertiary/aromatic N) is 1. The van der Waals surface area contributed by atoms with Crippen LogP contribution in [0.15, 0.2) is 24.3 Å². The molecular weight excluding hydrogens is 260 g/mol. The third-order valence-corrected chi connectivity index (χ3v) is 3.87. The van der Waals surface area contributed by atoms with E-state index in [-0.39, 0.29) is 6.04 Å². The van der Waals surface area contributed by atoms with Gasteiger partial charge in [0.1, 0.15) is 5.75 Å². The van der Waals surface area contributed by atoms with E-state index in [9.17, 15) is 0 Å². The summed E-state index contributed by atoms with van der Waals surface area (Å²) in [6, 6.07) is 8.57. The van der Waals surface area contributed by atoms with Gasteiger partial charge in [-0.05, 0) is 63.6 Å². The second kappa shape index (κ2) is 6.27. The van der Waals surface area contributed by atoms with Crippen molar-refractivity contribution in [3.63, 3.8) is 0 Å². The lowest BCUT2D eigenvalue weighted by atomic mass is 9.92. The van der Waals surface area contributed by atoms with Crippen molar-refractivity contribution in [3.05, 3.63) is 57.9 Å². The molecule has 0 spiro atoms. The van der Waals surface area contributed by atoms with E-state index in [1.54, 1.807) is 7.11 Å². The fraction of sp³-hybridized carbons (Fsp3) is 0.389. The molecule has 1 aromatic heterocycles. The van der Waals surface area contributed by atoms with Crippen LogP contribution in [0.5, 0.6) is 5.75 Å². The zero-order chi connectivity index (χ0) is 15.6. The van der Waals surface area contributed by atoms with E-state index in [0.717, 1.165) is 17.1 Å². The van der Waals surface area contributed by atoms with Crippen LogP contribution in [-0.4, -0.2) is 19.1 Å². The molecule has 0 aliphatic carbocycles. The van der Waals surface area contributed by atoms with Gasteiger partial charge in [-0.2, -0.15) is 0 Å². The summed E-state index contributed by atoms with van der Waals surface area (Å²) in [4.78, 5) is 4.59. The van der Waals surface area contributed by atoms with E-state index in [4.69, 9.17) is 4.74 Å². The van der Waals surface area contributed by atoms with E-state index >= 15 is 0 Å². The van der Waals surface area contributed by atoms with Gasteiger partial charge in [-0.15, -0.1) is 0 Å². The highest BCUT2D eigenvalue weighted by Gasteiger charge is 2.21. The zero-order valence-electron chi connectivity index (χ0n) is 13.7. The number of nitrogens with one attached hydrogen (secondary N) is 1. The van der Waals surface area contributed by atoms with Gasteiger partial charge in [0.25, 0.3) is 0 Å². The van der Waals surface area contributed by atoms with Gasteiger partial charge in [0.15, 0.2) is 0 Å². The van der Waals surface area contributed by atoms with Crippen molar-refractivity contribution in [2.45, 2.75) is 33.7 Å². The number of rotatable bonds is 4. The summed E-state index contributed by atoms with van der Waals surface area (Å²) in [7, 11) is 3.70. The minimum Gasteiger partial charge on any atom is -0.496 e. The molecule has 1 N–H and O–H groups in total. The quantitative estimate of drug-likeness (QED) is 0.931. The summed E-state index contributed by atoms with van der Waals surface area (Å²) in [6.07, 6.45) is 0. The summed E-state index contributed by atoms with van der Waals surface area (Å²) in [5.41, 5.74) is 6.90. The third-order valence-electron chi connectivity index (χ3n) is 3.87. The lowest BCUT2D eigenvalue weighted by Gasteiger charge is -2.24. The van der Waals surface area contributed by atoms with Gasteiger partial charge in [0, 0.05) is 17.0 Å². The summed E-state index contributed by atoms with van der Waals surface area (Å²) in [5, 5.41) is 3.41. The molecule has 0 aliphatic heterocycles. The Morgan fingerprint density at radius 1 is 1.10 bits per heavy atom. The molecular formula is C18H24N2O. The van der Waals surface area contributed by atoms with Crippen LogP contribution in [0.1, 0.15) is 39.7 Å². The van der Waals surface area contributed by atoms with E-state index in [2.05, 4.69) is 55.3 Å². The van der Waals surface area contributed by atoms with Gasteiger partial charge >= 0.3 is 0 Å². The van der Waals surface area contributed by atoms with E-state index in [0.29, 0.717) is 0 Å². The molecule has 1 unspecified atom stereocenters. The van der Waals surface area contributed by atoms with Gasteiger partial charge in [0.2, 0.25) is 0 Å². The van der Waals surface area contributed by atoms with Crippen molar-refractivity contribution >= 4 is 0 Å². The fourth-order valence-electron chi connectivity index (χ4n) is 2.94. The second-order valence-corrected chi connectivity index (χ2v) is 5.55. The molecule has 1 aromatic carbocycles. The van der Waals surface area contributed by atoms with E-state index in [1.165, 1.54) is 22.3 Å². The van der Waals surface area contributed by atoms with Crippen molar-refractivity contribution in [1.29, 1.82) is 0 Å². The molecule has 1 heterocycles. The molecule has 3 nitrogen and oxygen atoms in total. The molecule has 2 rings (SSSR count). The Balaban J connectivity index is 2.61. The molecule has 21 heavy (non-hydrogen) atoms. The van der Waals surface area contributed by atoms with Crippen molar-refractivity contribution in [3.8, 4) is 5.75 Å². The maximum Gasteiger partial charge on any atom is 0.124 e. The maximum absolute atomic E-state index is 5.61. The first-order valence-electron chi connectivity index (χ1n) is 7.24. The number of aromatic nitrogens is 1. The van der Waals surface area contributed by atoms with Gasteiger partial charge in [-0.25, -0.2) is 0 Å². The highest BCUT2D eigenvalue weighted by atomic mass is 16.5. The minimum atomic E-state index is 0.0775. The molecule has 1 atom stereocenters. The van der Waals surface area contributed by atoms with Gasteiger partial charge in [0.05, 0.1) is 13.2 Å². The van der Waals surface area contributed by atoms with Crippen LogP contribution in [0, 0.1) is 27.7 Å². The van der Waals surface area contributed by atoms with E-state index in [1.807, 2.05) is 14.0 Å². The Labute approximate surface area is 127 Å². The number of ether oxygens (including phenoxy) is 1. The molecule has 0 saturated heterocycles. The molecule has 0 fully saturated rings. The Morgan fingerprint density at radius 3 is 2.38 bits per heavy atom. The molecule has 0 amide bonds. The van der Waals surface area contributed by atoms with E-state index < -0.39 is 0 Å². The van der Waals surface area contributed by atoms with Gasteiger partial charge in [-0.1, -0.05) is 12.1 Å². The summed E-state index contributed by atoms with van der Waals surface area (Å²) in [5.74, 6) is 0.923. The molecule has 0 bridgehead atoms. The average Bonchev–Trinajstić information content (AvgIpc) is 2.42. The van der Waals surface area contributed by atoms with Crippen LogP contribution in [0.3, 0.4) is 0 Å². The van der Waals surface area contributed by atoms with Gasteiger partial charge in [-0.3, -0.25) is 4.98 Å². The SMILES string of the molecule is CNC(c1ccc(C)nc1C)c1c(C)cc(C)cc1OC. The van der Waals surface area contributed by atoms with Crippen molar-refractivity contribution in [2.75, 3.05) is 14.2 Å². The summed E-state index contributed by atoms with van der Waals surface area (Å²) in [6.45, 7) is 8.30. The smallest absolute Gasteiger partial charge is 0.124 e. The van der Waals surface area contributed by atoms with Crippen molar-refractivity contribution in [2.24, 2.45) is 0 Å². The largest absolute Gasteiger partial charge is 0.496 e. The number of hydrogen-bond acceptors (Lipinski definition) is 3. The highest BCUT2D eigenvalue weighted by molar-refractivity contribution is 5.49. The zero-order valence-corrected chi connectivity index (χ0v) is 13.7. The predicted octanol–water partition coefficient (Wildman–Crippen LogP) is 3.63. The first-order valence-corrected chi connectivity index (χ1v) is 7.24. The minimum absolute atomic E-state index is 0.0775. The molecule has 2 aromatic rings. The van der Waals surface area contributed by atoms with Gasteiger partial charge < -0.3 is 10.1 Å². The van der Waals surface area contributed by atoms with Crippen LogP contribution in [-0.2, 0) is 0 Å². The topological polar surface area (TPSA) is 34.2 Å². The first-order chi connectivity index (χ1) is 9.97. The lowest BCUT2D eigenvalue weighted by Crippen LogP contribution is -2.21. The summed E-state index contributed by atoms with van der Waals surface area (Å²) < 4.78 is 5.61. The van der Waals surface area contributed by atoms with Crippen molar-refractivity contribution in [1.82, 2.24) is 10.3 Å². The molecule has 0 aliphatic rings. The molecule has 0 saturated carbocycles. The number of hydrogen-bond donors (Lipinski definition) is 1. The van der Waals surface area contributed by atoms with Crippen LogP contribution in [0.2, 0.25) is 0 Å². The standard InChI is InChI=1S/C18H24N2O/c1-11-9-12(2)17(16(10-11)21-6)18(19-5)15-8-7-13(3)20-14(15)4/h7-10,18-19H,1-6H3. The average molecular weight is 284 g/mol. The predicted molar refractivity (Wildman–Crippen MR) is 87.1 cm³/mol. The summed E-state index contributed by atoms with van der Waals surface area (Å²) >= 11 is 0. The number of pyridine rings is 1. The van der Waals surface area contributed by atoms with Crippen LogP contribution in [0.25, 0.3) is 0 Å². The Kier molecular flexibility index (Phi) is 4.63. The normalized spacial score (nSPS) is 12.3. The van der Waals surface area contributed by atoms with Crippen molar-refractivity contribution < 1.29 is 4.74 Å². The maximum atomic E-state index is 5.61. The molecule has 3 heteroatoms. The number of benzene rings is 1. The number of methoxy groups -OCH3 is 1. The first kappa shape index (κ1) is 15.5. The molecule has 112 valence electrons.